The summed E-state index contributed by atoms with van der Waals surface area (Å²) in [5.74, 6) is 1.81. The van der Waals surface area contributed by atoms with E-state index in [-0.39, 0.29) is 0 Å². The molecule has 0 radical (unpaired) electrons. The largest absolute Gasteiger partial charge is 0.307 e. The Hall–Kier alpha value is -6.85. The SMILES string of the molecule is c1ccc(-c2nc(-c3ccccc3-c3ccccc3)nc(-n3c4ccccc4c4ccc5c6ccccc6n(-c6ccccc6)c5c43)n2)cc1. The van der Waals surface area contributed by atoms with Crippen LogP contribution < -0.4 is 0 Å². The quantitative estimate of drug-likeness (QED) is 0.188. The fourth-order valence-electron chi connectivity index (χ4n) is 7.40. The van der Waals surface area contributed by atoms with Gasteiger partial charge in [0, 0.05) is 38.4 Å². The first kappa shape index (κ1) is 28.2. The van der Waals surface area contributed by atoms with Crippen LogP contribution in [0, 0.1) is 0 Å². The van der Waals surface area contributed by atoms with Gasteiger partial charge in [-0.05, 0) is 35.4 Å². The minimum absolute atomic E-state index is 0.570. The highest BCUT2D eigenvalue weighted by Gasteiger charge is 2.23. The summed E-state index contributed by atoms with van der Waals surface area (Å²) in [7, 11) is 0. The number of nitrogens with zero attached hydrogens (tertiary/aromatic N) is 5. The Labute approximate surface area is 288 Å². The van der Waals surface area contributed by atoms with Crippen LogP contribution in [0.5, 0.6) is 0 Å². The van der Waals surface area contributed by atoms with Crippen molar-refractivity contribution in [2.24, 2.45) is 0 Å². The normalized spacial score (nSPS) is 11.6. The van der Waals surface area contributed by atoms with E-state index in [4.69, 9.17) is 15.0 Å². The van der Waals surface area contributed by atoms with E-state index in [1.54, 1.807) is 0 Å². The number of hydrogen-bond acceptors (Lipinski definition) is 3. The van der Waals surface area contributed by atoms with Crippen LogP contribution in [-0.4, -0.2) is 24.1 Å². The van der Waals surface area contributed by atoms with E-state index in [1.165, 1.54) is 10.8 Å². The predicted octanol–water partition coefficient (Wildman–Crippen LogP) is 11.1. The van der Waals surface area contributed by atoms with Gasteiger partial charge in [0.05, 0.1) is 22.1 Å². The van der Waals surface area contributed by atoms with E-state index in [2.05, 4.69) is 161 Å². The zero-order chi connectivity index (χ0) is 33.0. The molecule has 50 heavy (non-hydrogen) atoms. The first-order valence-corrected chi connectivity index (χ1v) is 16.8. The van der Waals surface area contributed by atoms with Crippen molar-refractivity contribution in [3.8, 4) is 45.5 Å². The summed E-state index contributed by atoms with van der Waals surface area (Å²) in [4.78, 5) is 15.8. The lowest BCUT2D eigenvalue weighted by atomic mass is 9.99. The topological polar surface area (TPSA) is 48.5 Å². The smallest absolute Gasteiger partial charge is 0.238 e. The van der Waals surface area contributed by atoms with E-state index < -0.39 is 0 Å². The fourth-order valence-corrected chi connectivity index (χ4v) is 7.40. The van der Waals surface area contributed by atoms with E-state index in [0.717, 1.165) is 60.8 Å². The van der Waals surface area contributed by atoms with Gasteiger partial charge in [0.2, 0.25) is 5.95 Å². The van der Waals surface area contributed by atoms with Crippen molar-refractivity contribution in [2.75, 3.05) is 0 Å². The van der Waals surface area contributed by atoms with Crippen molar-refractivity contribution in [1.29, 1.82) is 0 Å². The molecule has 7 aromatic carbocycles. The van der Waals surface area contributed by atoms with Crippen LogP contribution in [0.4, 0.5) is 0 Å². The lowest BCUT2D eigenvalue weighted by molar-refractivity contribution is 0.953. The van der Waals surface area contributed by atoms with Crippen LogP contribution in [0.1, 0.15) is 0 Å². The van der Waals surface area contributed by atoms with Gasteiger partial charge in [-0.15, -0.1) is 0 Å². The molecule has 0 aliphatic heterocycles. The van der Waals surface area contributed by atoms with Gasteiger partial charge in [-0.1, -0.05) is 152 Å². The molecule has 0 atom stereocenters. The molecule has 0 aliphatic rings. The Kier molecular flexibility index (Phi) is 6.42. The van der Waals surface area contributed by atoms with Crippen molar-refractivity contribution >= 4 is 43.6 Å². The number of hydrogen-bond donors (Lipinski definition) is 0. The fraction of sp³-hybridized carbons (Fsp3) is 0. The molecular weight excluding hydrogens is 611 g/mol. The summed E-state index contributed by atoms with van der Waals surface area (Å²) in [6.07, 6.45) is 0. The number of rotatable bonds is 5. The van der Waals surface area contributed by atoms with Gasteiger partial charge >= 0.3 is 0 Å². The molecule has 10 aromatic rings. The molecule has 0 N–H and O–H groups in total. The second-order valence-corrected chi connectivity index (χ2v) is 12.5. The van der Waals surface area contributed by atoms with Gasteiger partial charge in [0.25, 0.3) is 0 Å². The van der Waals surface area contributed by atoms with Crippen LogP contribution in [0.15, 0.2) is 176 Å². The second kappa shape index (κ2) is 11.4. The Morgan fingerprint density at radius 1 is 0.320 bits per heavy atom. The van der Waals surface area contributed by atoms with Crippen LogP contribution in [0.3, 0.4) is 0 Å². The van der Waals surface area contributed by atoms with Gasteiger partial charge in [-0.3, -0.25) is 4.57 Å². The highest BCUT2D eigenvalue weighted by Crippen LogP contribution is 2.41. The number of fused-ring (bicyclic) bond motifs is 7. The van der Waals surface area contributed by atoms with Crippen molar-refractivity contribution in [2.45, 2.75) is 0 Å². The Balaban J connectivity index is 1.36. The molecule has 0 fully saturated rings. The Bertz CT molecular complexity index is 2850. The molecule has 5 heteroatoms. The van der Waals surface area contributed by atoms with Crippen LogP contribution >= 0.6 is 0 Å². The average Bonchev–Trinajstić information content (AvgIpc) is 3.72. The molecule has 0 bridgehead atoms. The van der Waals surface area contributed by atoms with Gasteiger partial charge < -0.3 is 4.57 Å². The first-order chi connectivity index (χ1) is 24.8. The van der Waals surface area contributed by atoms with Gasteiger partial charge in [-0.25, -0.2) is 4.98 Å². The Morgan fingerprint density at radius 2 is 0.800 bits per heavy atom. The van der Waals surface area contributed by atoms with Crippen molar-refractivity contribution < 1.29 is 0 Å². The van der Waals surface area contributed by atoms with Gasteiger partial charge in [0.15, 0.2) is 11.6 Å². The molecule has 10 rings (SSSR count). The van der Waals surface area contributed by atoms with Crippen molar-refractivity contribution in [3.05, 3.63) is 176 Å². The zero-order valence-electron chi connectivity index (χ0n) is 27.0. The van der Waals surface area contributed by atoms with Gasteiger partial charge in [0.1, 0.15) is 0 Å². The maximum atomic E-state index is 5.35. The summed E-state index contributed by atoms with van der Waals surface area (Å²) in [5, 5.41) is 4.65. The molecular formula is C45H29N5. The van der Waals surface area contributed by atoms with Crippen molar-refractivity contribution in [3.63, 3.8) is 0 Å². The third-order valence-corrected chi connectivity index (χ3v) is 9.59. The second-order valence-electron chi connectivity index (χ2n) is 12.5. The van der Waals surface area contributed by atoms with E-state index in [0.29, 0.717) is 17.6 Å². The molecule has 3 aromatic heterocycles. The molecule has 0 amide bonds. The van der Waals surface area contributed by atoms with Crippen LogP contribution in [-0.2, 0) is 0 Å². The molecule has 0 saturated carbocycles. The summed E-state index contributed by atoms with van der Waals surface area (Å²) in [5.41, 5.74) is 9.50. The highest BCUT2D eigenvalue weighted by atomic mass is 15.2. The molecule has 0 spiro atoms. The summed E-state index contributed by atoms with van der Waals surface area (Å²) in [6, 6.07) is 61.3. The number of benzene rings is 7. The average molecular weight is 640 g/mol. The predicted molar refractivity (Wildman–Crippen MR) is 205 cm³/mol. The van der Waals surface area contributed by atoms with E-state index in [1.807, 2.05) is 24.3 Å². The van der Waals surface area contributed by atoms with Crippen LogP contribution in [0.2, 0.25) is 0 Å². The number of para-hydroxylation sites is 3. The minimum Gasteiger partial charge on any atom is -0.307 e. The molecule has 0 aliphatic carbocycles. The minimum atomic E-state index is 0.570. The summed E-state index contributed by atoms with van der Waals surface area (Å²) < 4.78 is 4.63. The lowest BCUT2D eigenvalue weighted by Crippen LogP contribution is -2.07. The lowest BCUT2D eigenvalue weighted by Gasteiger charge is -2.14. The number of aromatic nitrogens is 5. The van der Waals surface area contributed by atoms with Crippen molar-refractivity contribution in [1.82, 2.24) is 24.1 Å². The molecule has 3 heterocycles. The highest BCUT2D eigenvalue weighted by molar-refractivity contribution is 6.23. The summed E-state index contributed by atoms with van der Waals surface area (Å²) in [6.45, 7) is 0. The zero-order valence-corrected chi connectivity index (χ0v) is 27.0. The summed E-state index contributed by atoms with van der Waals surface area (Å²) >= 11 is 0. The first-order valence-electron chi connectivity index (χ1n) is 16.8. The Morgan fingerprint density at radius 3 is 1.46 bits per heavy atom. The van der Waals surface area contributed by atoms with E-state index in [9.17, 15) is 0 Å². The third kappa shape index (κ3) is 4.37. The molecule has 5 nitrogen and oxygen atoms in total. The molecule has 234 valence electrons. The van der Waals surface area contributed by atoms with Gasteiger partial charge in [-0.2, -0.15) is 9.97 Å². The maximum absolute atomic E-state index is 5.35. The monoisotopic (exact) mass is 639 g/mol. The molecule has 0 unspecified atom stereocenters. The third-order valence-electron chi connectivity index (χ3n) is 9.59. The molecule has 0 saturated heterocycles. The van der Waals surface area contributed by atoms with E-state index >= 15 is 0 Å². The standard InChI is InChI=1S/C45H29N5/c1-4-16-30(17-5-1)33-22-10-11-25-38(33)44-46-43(31-18-6-2-7-19-31)47-45(48-44)50-40-27-15-13-24-35(40)37-29-28-36-34-23-12-14-26-39(34)49(41(36)42(37)50)32-20-8-3-9-21-32/h1-29H. The van der Waals surface area contributed by atoms with Crippen LogP contribution in [0.25, 0.3) is 89.2 Å². The maximum Gasteiger partial charge on any atom is 0.238 e.